The van der Waals surface area contributed by atoms with Crippen molar-refractivity contribution in [2.24, 2.45) is 0 Å². The number of aliphatic hydroxyl groups is 1. The second kappa shape index (κ2) is 29.0. The van der Waals surface area contributed by atoms with E-state index in [2.05, 4.69) is 115 Å². The van der Waals surface area contributed by atoms with Gasteiger partial charge in [-0.1, -0.05) is 72.8 Å². The van der Waals surface area contributed by atoms with Crippen LogP contribution >= 0.6 is 22.9 Å². The van der Waals surface area contributed by atoms with Gasteiger partial charge in [-0.3, -0.25) is 20.4 Å². The Hall–Kier alpha value is -10.9. The van der Waals surface area contributed by atoms with E-state index in [9.17, 15) is 12.8 Å². The predicted octanol–water partition coefficient (Wildman–Crippen LogP) is 15.9. The molecule has 4 fully saturated rings. The first-order chi connectivity index (χ1) is 47.1. The number of hydrogen-bond donors (Lipinski definition) is 9. The van der Waals surface area contributed by atoms with Crippen molar-refractivity contribution in [1.29, 1.82) is 5.26 Å². The number of nitriles is 1. The van der Waals surface area contributed by atoms with E-state index in [-0.39, 0.29) is 24.5 Å². The van der Waals surface area contributed by atoms with Crippen molar-refractivity contribution < 1.29 is 25.0 Å². The molecule has 28 heteroatoms. The second-order valence-electron chi connectivity index (χ2n) is 23.8. The van der Waals surface area contributed by atoms with Gasteiger partial charge in [0, 0.05) is 135 Å². The highest BCUT2D eigenvalue weighted by Gasteiger charge is 2.29. The minimum Gasteiger partial charge on any atom is -0.391 e. The Bertz CT molecular complexity index is 4930. The maximum absolute atomic E-state index is 14.1. The van der Waals surface area contributed by atoms with Gasteiger partial charge in [0.05, 0.1) is 40.6 Å². The average molecular weight is 1370 g/mol. The first-order valence-corrected chi connectivity index (χ1v) is 34.5. The van der Waals surface area contributed by atoms with Crippen molar-refractivity contribution in [2.45, 2.75) is 99.9 Å². The zero-order chi connectivity index (χ0) is 67.0. The van der Waals surface area contributed by atoms with E-state index in [1.54, 1.807) is 42.9 Å². The first-order valence-electron chi connectivity index (χ1n) is 31.4. The van der Waals surface area contributed by atoms with Crippen LogP contribution in [0, 0.1) is 24.1 Å². The Labute approximate surface area is 573 Å². The summed E-state index contributed by atoms with van der Waals surface area (Å²) in [4.78, 5) is 37.2. The molecule has 4 aliphatic carbocycles. The number of sulfone groups is 1. The standard InChI is InChI=1S/C18H16ClN5.C18H15FN6.C18H19N5O2S.C15H15N5OS.5H2/c1-11(19)14-10-20-17(13-5-3-2-4-6-13)22-18(14)21-16-9-15(23-24-16)12-7-8-12;19-14-10-21-17(13-3-1-11(2-4-13)7-8-20)23-18(14)22-16-9-15(24-25-16)12-5-6-12;1-11-10-19-18(13-5-7-14(8-6-13)26(2,24)25)21-17(11)20-16-9-15(22-23-16)12-3-4-12;21-8-10-3-4-12(22-10)15-16-6-5-13(18-15)17-14-7-11(19-20-14)9-1-2-9;;;;;/h2-6,9-10,12H,1,7-8H2,(H2,20,21,22,23,24);1-4,9-10,12H,5-7H2,(H2,21,22,23,24,25);5-10,12H,3-4H2,1-2H3,(H2,19,20,21,22,23);3-7,9,21H,1-2,8H2,(H2,16,17,18,19,20);5*1H. The number of anilines is 8. The molecule has 9 N–H and O–H groups in total. The molecule has 0 radical (unpaired) electrons. The lowest BCUT2D eigenvalue weighted by atomic mass is 10.1. The number of benzene rings is 3. The molecule has 12 aromatic rings. The Balaban J connectivity index is 0.000000170. The summed E-state index contributed by atoms with van der Waals surface area (Å²) >= 11 is 7.59. The Morgan fingerprint density at radius 3 is 1.58 bits per heavy atom. The van der Waals surface area contributed by atoms with E-state index in [4.69, 9.17) is 22.0 Å². The summed E-state index contributed by atoms with van der Waals surface area (Å²) in [6, 6.07) is 39.4. The quantitative estimate of drug-likeness (QED) is 0.0342. The lowest BCUT2D eigenvalue weighted by Gasteiger charge is -2.10. The van der Waals surface area contributed by atoms with Gasteiger partial charge in [0.1, 0.15) is 17.5 Å². The van der Waals surface area contributed by atoms with Crippen LogP contribution in [0.4, 0.5) is 50.9 Å². The third kappa shape index (κ3) is 17.0. The summed E-state index contributed by atoms with van der Waals surface area (Å²) < 4.78 is 37.2. The number of thiophene rings is 1. The van der Waals surface area contributed by atoms with Gasteiger partial charge in [-0.2, -0.15) is 25.7 Å². The van der Waals surface area contributed by atoms with E-state index in [1.165, 1.54) is 61.8 Å². The van der Waals surface area contributed by atoms with Crippen molar-refractivity contribution in [1.82, 2.24) is 80.7 Å². The fraction of sp³-hybridized carbons (Fsp3) is 0.232. The van der Waals surface area contributed by atoms with Gasteiger partial charge >= 0.3 is 0 Å². The number of rotatable bonds is 20. The molecule has 16 rings (SSSR count). The number of nitrogens with one attached hydrogen (secondary N) is 8. The van der Waals surface area contributed by atoms with Crippen LogP contribution in [0.25, 0.3) is 49.9 Å². The fourth-order valence-corrected chi connectivity index (χ4v) is 11.6. The third-order valence-corrected chi connectivity index (χ3v) is 18.4. The largest absolute Gasteiger partial charge is 0.391 e. The molecule has 3 aromatic carbocycles. The molecule has 0 aliphatic heterocycles. The molecule has 24 nitrogen and oxygen atoms in total. The van der Waals surface area contributed by atoms with E-state index >= 15 is 0 Å². The summed E-state index contributed by atoms with van der Waals surface area (Å²) in [5.74, 6) is 8.88. The Kier molecular flexibility index (Phi) is 19.3. The average Bonchev–Trinajstić information content (AvgIpc) is 1.33. The van der Waals surface area contributed by atoms with Crippen LogP contribution < -0.4 is 21.3 Å². The molecule has 500 valence electrons. The highest BCUT2D eigenvalue weighted by molar-refractivity contribution is 7.90. The molecule has 0 saturated heterocycles. The molecule has 0 amide bonds. The first kappa shape index (κ1) is 64.8. The van der Waals surface area contributed by atoms with Crippen molar-refractivity contribution in [3.05, 3.63) is 203 Å². The number of aromatic amines is 4. The van der Waals surface area contributed by atoms with Crippen LogP contribution in [0.5, 0.6) is 0 Å². The SMILES string of the molecule is C=C(Cl)c1cnc(-c2ccccc2)nc1Nc1cc(C2CC2)[nH]n1.Cc1cnc(-c2ccc(S(C)(=O)=O)cc2)nc1Nc1cc(C2CC2)[nH]n1.N#CCc1ccc(-c2ncc(F)c(Nc3cc(C4CC4)[nH]n3)n2)cc1.OCc1ccc(-c2nccc(Nc3cc(C4CC4)[nH]n3)n2)s1.[HH].[HH].[HH].[HH].[HH]. The number of hydrogen-bond acceptors (Lipinski definition) is 21. The summed E-state index contributed by atoms with van der Waals surface area (Å²) in [5.41, 5.74) is 9.46. The fourth-order valence-electron chi connectivity index (χ4n) is 10.1. The molecule has 4 aliphatic rings. The van der Waals surface area contributed by atoms with Crippen molar-refractivity contribution >= 4 is 84.4 Å². The molecule has 0 bridgehead atoms. The van der Waals surface area contributed by atoms with Gasteiger partial charge in [-0.25, -0.2) is 52.7 Å². The number of nitrogens with zero attached hydrogens (tertiary/aromatic N) is 13. The van der Waals surface area contributed by atoms with Crippen molar-refractivity contribution in [2.75, 3.05) is 27.5 Å². The molecular formula is C69H75ClFN21O3S2. The van der Waals surface area contributed by atoms with E-state index in [0.717, 1.165) is 85.3 Å². The highest BCUT2D eigenvalue weighted by atomic mass is 35.5. The second-order valence-corrected chi connectivity index (χ2v) is 27.4. The zero-order valence-electron chi connectivity index (χ0n) is 52.6. The lowest BCUT2D eigenvalue weighted by Crippen LogP contribution is -2.01. The van der Waals surface area contributed by atoms with Crippen LogP contribution in [0.2, 0.25) is 0 Å². The lowest BCUT2D eigenvalue weighted by molar-refractivity contribution is 0.285. The van der Waals surface area contributed by atoms with Crippen LogP contribution in [-0.2, 0) is 22.9 Å². The number of H-pyrrole nitrogens is 4. The maximum atomic E-state index is 14.1. The minimum atomic E-state index is -3.22. The number of aryl methyl sites for hydroxylation is 1. The van der Waals surface area contributed by atoms with Crippen LogP contribution in [0.15, 0.2) is 158 Å². The summed E-state index contributed by atoms with van der Waals surface area (Å²) in [7, 11) is -3.22. The van der Waals surface area contributed by atoms with E-state index < -0.39 is 15.7 Å². The van der Waals surface area contributed by atoms with E-state index in [0.29, 0.717) is 93.1 Å². The van der Waals surface area contributed by atoms with Gasteiger partial charge in [-0.05, 0) is 106 Å². The van der Waals surface area contributed by atoms with Gasteiger partial charge in [-0.15, -0.1) is 11.3 Å². The van der Waals surface area contributed by atoms with Gasteiger partial charge in [0.25, 0.3) is 0 Å². The third-order valence-electron chi connectivity index (χ3n) is 16.0. The van der Waals surface area contributed by atoms with Gasteiger partial charge < -0.3 is 26.4 Å². The van der Waals surface area contributed by atoms with Crippen molar-refractivity contribution in [3.8, 4) is 50.9 Å². The molecule has 97 heavy (non-hydrogen) atoms. The smallest absolute Gasteiger partial charge is 0.184 e. The summed E-state index contributed by atoms with van der Waals surface area (Å²) in [5, 5.41) is 60.0. The van der Waals surface area contributed by atoms with Crippen LogP contribution in [0.1, 0.15) is 127 Å². The van der Waals surface area contributed by atoms with Crippen molar-refractivity contribution in [3.63, 3.8) is 0 Å². The van der Waals surface area contributed by atoms with Crippen LogP contribution in [-0.4, -0.2) is 100 Å². The van der Waals surface area contributed by atoms with Gasteiger partial charge in [0.15, 0.2) is 68.0 Å². The van der Waals surface area contributed by atoms with Crippen LogP contribution in [0.3, 0.4) is 0 Å². The molecule has 9 heterocycles. The molecule has 0 atom stereocenters. The number of aromatic nitrogens is 16. The topological polar surface area (TPSA) is 344 Å². The molecule has 4 saturated carbocycles. The van der Waals surface area contributed by atoms with E-state index in [1.807, 2.05) is 104 Å². The Morgan fingerprint density at radius 1 is 0.598 bits per heavy atom. The summed E-state index contributed by atoms with van der Waals surface area (Å²) in [6.45, 7) is 5.76. The Morgan fingerprint density at radius 2 is 1.07 bits per heavy atom. The molecule has 0 unspecified atom stereocenters. The number of aliphatic hydroxyl groups excluding tert-OH is 1. The molecular weight excluding hydrogens is 1290 g/mol. The zero-order valence-corrected chi connectivity index (χ0v) is 55.0. The number of halogens is 2. The molecule has 9 aromatic heterocycles. The monoisotopic (exact) mass is 1360 g/mol. The minimum absolute atomic E-state index is 0. The summed E-state index contributed by atoms with van der Waals surface area (Å²) in [6.07, 6.45) is 17.5. The highest BCUT2D eigenvalue weighted by Crippen LogP contribution is 2.43. The normalized spacial score (nSPS) is 13.9. The maximum Gasteiger partial charge on any atom is 0.184 e. The molecule has 0 spiro atoms. The predicted molar refractivity (Wildman–Crippen MR) is 382 cm³/mol. The van der Waals surface area contributed by atoms with Gasteiger partial charge in [0.2, 0.25) is 0 Å².